The van der Waals surface area contributed by atoms with E-state index in [0.29, 0.717) is 17.1 Å². The van der Waals surface area contributed by atoms with Crippen LogP contribution in [-0.2, 0) is 0 Å². The highest BCUT2D eigenvalue weighted by Gasteiger charge is 2.10. The van der Waals surface area contributed by atoms with Gasteiger partial charge < -0.3 is 5.73 Å². The second-order valence-electron chi connectivity index (χ2n) is 5.80. The average molecular weight is 326 g/mol. The van der Waals surface area contributed by atoms with Crippen molar-refractivity contribution in [1.29, 1.82) is 5.26 Å². The molecule has 0 atom stereocenters. The number of rotatable bonds is 2. The van der Waals surface area contributed by atoms with Crippen LogP contribution in [-0.4, -0.2) is 19.7 Å². The summed E-state index contributed by atoms with van der Waals surface area (Å²) in [7, 11) is 0. The van der Waals surface area contributed by atoms with Crippen molar-refractivity contribution in [3.8, 4) is 23.0 Å². The molecule has 2 N–H and O–H groups in total. The van der Waals surface area contributed by atoms with Crippen molar-refractivity contribution in [3.63, 3.8) is 0 Å². The van der Waals surface area contributed by atoms with E-state index < -0.39 is 0 Å². The van der Waals surface area contributed by atoms with Crippen LogP contribution in [0.4, 0.5) is 5.69 Å². The third-order valence-electron chi connectivity index (χ3n) is 3.95. The van der Waals surface area contributed by atoms with Crippen molar-refractivity contribution in [2.24, 2.45) is 0 Å². The SMILES string of the molecule is Cc1cc(C#N)cc(-n2ncc3ccc(-c4cncc(N)c4)cc32)n1. The summed E-state index contributed by atoms with van der Waals surface area (Å²) in [6.45, 7) is 1.86. The van der Waals surface area contributed by atoms with Gasteiger partial charge in [-0.05, 0) is 30.7 Å². The number of nitrogen functional groups attached to an aromatic ring is 1. The number of anilines is 1. The van der Waals surface area contributed by atoms with Gasteiger partial charge in [0.25, 0.3) is 0 Å². The van der Waals surface area contributed by atoms with Crippen molar-refractivity contribution in [1.82, 2.24) is 19.7 Å². The monoisotopic (exact) mass is 326 g/mol. The van der Waals surface area contributed by atoms with Crippen molar-refractivity contribution in [2.75, 3.05) is 5.73 Å². The number of fused-ring (bicyclic) bond motifs is 1. The molecule has 0 saturated heterocycles. The first kappa shape index (κ1) is 14.8. The number of pyridine rings is 2. The van der Waals surface area contributed by atoms with Gasteiger partial charge in [-0.25, -0.2) is 9.67 Å². The molecule has 0 aliphatic rings. The maximum Gasteiger partial charge on any atom is 0.155 e. The predicted molar refractivity (Wildman–Crippen MR) is 96.0 cm³/mol. The van der Waals surface area contributed by atoms with E-state index in [9.17, 15) is 5.26 Å². The number of aryl methyl sites for hydroxylation is 1. The minimum absolute atomic E-state index is 0.558. The smallest absolute Gasteiger partial charge is 0.155 e. The zero-order valence-corrected chi connectivity index (χ0v) is 13.5. The first-order valence-electron chi connectivity index (χ1n) is 7.72. The van der Waals surface area contributed by atoms with Gasteiger partial charge in [0, 0.05) is 35.1 Å². The predicted octanol–water partition coefficient (Wildman–Crippen LogP) is 3.24. The third kappa shape index (κ3) is 2.68. The van der Waals surface area contributed by atoms with Gasteiger partial charge in [-0.2, -0.15) is 10.4 Å². The lowest BCUT2D eigenvalue weighted by Gasteiger charge is -2.07. The van der Waals surface area contributed by atoms with E-state index in [4.69, 9.17) is 5.73 Å². The Kier molecular flexibility index (Phi) is 3.40. The molecule has 6 heteroatoms. The number of hydrogen-bond acceptors (Lipinski definition) is 5. The number of nitrogens with zero attached hydrogens (tertiary/aromatic N) is 5. The van der Waals surface area contributed by atoms with E-state index in [0.717, 1.165) is 27.7 Å². The van der Waals surface area contributed by atoms with Gasteiger partial charge in [-0.1, -0.05) is 12.1 Å². The van der Waals surface area contributed by atoms with Gasteiger partial charge in [0.1, 0.15) is 0 Å². The Morgan fingerprint density at radius 3 is 2.72 bits per heavy atom. The molecule has 0 bridgehead atoms. The Labute approximate surface area is 144 Å². The molecule has 0 aliphatic heterocycles. The Morgan fingerprint density at radius 1 is 1.04 bits per heavy atom. The van der Waals surface area contributed by atoms with E-state index in [1.165, 1.54) is 0 Å². The number of aromatic nitrogens is 4. The van der Waals surface area contributed by atoms with Gasteiger partial charge in [-0.15, -0.1) is 0 Å². The molecule has 4 rings (SSSR count). The van der Waals surface area contributed by atoms with Crippen molar-refractivity contribution in [2.45, 2.75) is 6.92 Å². The molecule has 0 aliphatic carbocycles. The van der Waals surface area contributed by atoms with E-state index in [-0.39, 0.29) is 0 Å². The number of nitriles is 1. The molecule has 120 valence electrons. The summed E-state index contributed by atoms with van der Waals surface area (Å²) < 4.78 is 1.74. The standard InChI is InChI=1S/C19H14N6/c1-12-4-13(8-20)5-19(24-12)25-18-7-14(2-3-15(18)10-23-25)16-6-17(21)11-22-9-16/h2-7,9-11H,21H2,1H3. The molecule has 0 amide bonds. The molecule has 0 fully saturated rings. The molecule has 3 aromatic heterocycles. The minimum Gasteiger partial charge on any atom is -0.397 e. The molecule has 3 heterocycles. The second kappa shape index (κ2) is 5.73. The number of hydrogen-bond donors (Lipinski definition) is 1. The maximum absolute atomic E-state index is 9.19. The fourth-order valence-electron chi connectivity index (χ4n) is 2.82. The van der Waals surface area contributed by atoms with Crippen molar-refractivity contribution >= 4 is 16.6 Å². The highest BCUT2D eigenvalue weighted by molar-refractivity contribution is 5.85. The summed E-state index contributed by atoms with van der Waals surface area (Å²) in [6.07, 6.45) is 5.18. The Hall–Kier alpha value is -3.72. The lowest BCUT2D eigenvalue weighted by molar-refractivity contribution is 0.866. The molecular weight excluding hydrogens is 312 g/mol. The van der Waals surface area contributed by atoms with E-state index in [1.807, 2.05) is 31.2 Å². The van der Waals surface area contributed by atoms with Crippen LogP contribution < -0.4 is 5.73 Å². The normalized spacial score (nSPS) is 10.7. The van der Waals surface area contributed by atoms with Crippen LogP contribution in [0.15, 0.2) is 55.0 Å². The van der Waals surface area contributed by atoms with E-state index in [2.05, 4.69) is 21.1 Å². The minimum atomic E-state index is 0.558. The van der Waals surface area contributed by atoms with Crippen LogP contribution in [0.5, 0.6) is 0 Å². The molecule has 0 spiro atoms. The molecule has 1 aromatic carbocycles. The summed E-state index contributed by atoms with van der Waals surface area (Å²) in [4.78, 5) is 8.66. The summed E-state index contributed by atoms with van der Waals surface area (Å²) in [6, 6.07) is 13.6. The van der Waals surface area contributed by atoms with Crippen molar-refractivity contribution in [3.05, 3.63) is 66.2 Å². The largest absolute Gasteiger partial charge is 0.397 e. The highest BCUT2D eigenvalue weighted by atomic mass is 15.3. The lowest BCUT2D eigenvalue weighted by Crippen LogP contribution is -2.01. The number of benzene rings is 1. The molecule has 4 aromatic rings. The fourth-order valence-corrected chi connectivity index (χ4v) is 2.82. The van der Waals surface area contributed by atoms with Gasteiger partial charge >= 0.3 is 0 Å². The Balaban J connectivity index is 1.90. The maximum atomic E-state index is 9.19. The summed E-state index contributed by atoms with van der Waals surface area (Å²) >= 11 is 0. The van der Waals surface area contributed by atoms with Gasteiger partial charge in [-0.3, -0.25) is 4.98 Å². The lowest BCUT2D eigenvalue weighted by atomic mass is 10.1. The topological polar surface area (TPSA) is 93.4 Å². The second-order valence-corrected chi connectivity index (χ2v) is 5.80. The molecule has 25 heavy (non-hydrogen) atoms. The summed E-state index contributed by atoms with van der Waals surface area (Å²) in [5.74, 6) is 0.620. The Morgan fingerprint density at radius 2 is 1.92 bits per heavy atom. The summed E-state index contributed by atoms with van der Waals surface area (Å²) in [5, 5.41) is 14.6. The highest BCUT2D eigenvalue weighted by Crippen LogP contribution is 2.26. The first-order chi connectivity index (χ1) is 12.1. The zero-order valence-electron chi connectivity index (χ0n) is 13.5. The van der Waals surface area contributed by atoms with E-state index >= 15 is 0 Å². The first-order valence-corrected chi connectivity index (χ1v) is 7.72. The average Bonchev–Trinajstić information content (AvgIpc) is 3.04. The van der Waals surface area contributed by atoms with E-state index in [1.54, 1.807) is 35.4 Å². The third-order valence-corrected chi connectivity index (χ3v) is 3.95. The molecule has 0 saturated carbocycles. The van der Waals surface area contributed by atoms with Gasteiger partial charge in [0.2, 0.25) is 0 Å². The van der Waals surface area contributed by atoms with Gasteiger partial charge in [0.15, 0.2) is 5.82 Å². The number of nitrogens with two attached hydrogens (primary N) is 1. The summed E-state index contributed by atoms with van der Waals surface area (Å²) in [5.41, 5.74) is 10.6. The van der Waals surface area contributed by atoms with Crippen LogP contribution in [0.25, 0.3) is 27.8 Å². The van der Waals surface area contributed by atoms with Crippen LogP contribution in [0.2, 0.25) is 0 Å². The molecule has 6 nitrogen and oxygen atoms in total. The molecular formula is C19H14N6. The van der Waals surface area contributed by atoms with Crippen LogP contribution >= 0.6 is 0 Å². The van der Waals surface area contributed by atoms with Crippen LogP contribution in [0, 0.1) is 18.3 Å². The quantitative estimate of drug-likeness (QED) is 0.610. The van der Waals surface area contributed by atoms with Crippen LogP contribution in [0.1, 0.15) is 11.3 Å². The molecule has 0 unspecified atom stereocenters. The van der Waals surface area contributed by atoms with Crippen molar-refractivity contribution < 1.29 is 0 Å². The fraction of sp³-hybridized carbons (Fsp3) is 0.0526. The van der Waals surface area contributed by atoms with Gasteiger partial charge in [0.05, 0.1) is 29.0 Å². The molecule has 0 radical (unpaired) electrons. The zero-order chi connectivity index (χ0) is 17.4. The Bertz CT molecular complexity index is 1140. The van der Waals surface area contributed by atoms with Crippen LogP contribution in [0.3, 0.4) is 0 Å².